The van der Waals surface area contributed by atoms with Gasteiger partial charge < -0.3 is 15.2 Å². The Bertz CT molecular complexity index is 620. The molecule has 0 saturated carbocycles. The van der Waals surface area contributed by atoms with Gasteiger partial charge in [0.05, 0.1) is 6.20 Å². The van der Waals surface area contributed by atoms with Crippen LogP contribution < -0.4 is 10.5 Å². The van der Waals surface area contributed by atoms with Crippen molar-refractivity contribution in [2.45, 2.75) is 32.7 Å². The van der Waals surface area contributed by atoms with E-state index in [1.807, 2.05) is 25.3 Å². The molecule has 6 heteroatoms. The van der Waals surface area contributed by atoms with Gasteiger partial charge in [-0.2, -0.15) is 5.10 Å². The number of hydrogen-bond acceptors (Lipinski definition) is 5. The van der Waals surface area contributed by atoms with E-state index in [0.717, 1.165) is 44.6 Å². The number of aromatic nitrogens is 3. The number of aryl methyl sites for hydroxylation is 1. The summed E-state index contributed by atoms with van der Waals surface area (Å²) in [5.41, 5.74) is 7.10. The van der Waals surface area contributed by atoms with Crippen LogP contribution >= 0.6 is 0 Å². The van der Waals surface area contributed by atoms with Gasteiger partial charge in [0.15, 0.2) is 11.6 Å². The molecule has 1 saturated heterocycles. The Morgan fingerprint density at radius 1 is 1.41 bits per heavy atom. The van der Waals surface area contributed by atoms with Gasteiger partial charge in [-0.3, -0.25) is 0 Å². The minimum atomic E-state index is 0.402. The number of nitrogens with zero attached hydrogens (tertiary/aromatic N) is 3. The van der Waals surface area contributed by atoms with Crippen LogP contribution in [0.1, 0.15) is 25.3 Å². The molecule has 0 aromatic carbocycles. The van der Waals surface area contributed by atoms with Crippen LogP contribution in [-0.2, 0) is 17.7 Å². The number of ether oxygens (including phenoxy) is 2. The molecular formula is C16H22N4O2. The van der Waals surface area contributed by atoms with Crippen LogP contribution in [0.3, 0.4) is 0 Å². The summed E-state index contributed by atoms with van der Waals surface area (Å²) in [5, 5.41) is 4.19. The van der Waals surface area contributed by atoms with Crippen LogP contribution in [0.5, 0.6) is 11.6 Å². The second-order valence-electron chi connectivity index (χ2n) is 5.57. The Morgan fingerprint density at radius 3 is 3.00 bits per heavy atom. The second kappa shape index (κ2) is 6.79. The fourth-order valence-corrected chi connectivity index (χ4v) is 2.73. The van der Waals surface area contributed by atoms with Crippen LogP contribution in [0, 0.1) is 5.92 Å². The SMILES string of the molecule is CCn1nccc1Oc1cc(CC2CCOCC2)cnc1N. The molecule has 2 aromatic rings. The Hall–Kier alpha value is -2.08. The zero-order valence-corrected chi connectivity index (χ0v) is 12.9. The van der Waals surface area contributed by atoms with E-state index in [9.17, 15) is 0 Å². The van der Waals surface area contributed by atoms with E-state index < -0.39 is 0 Å². The molecule has 1 aliphatic rings. The summed E-state index contributed by atoms with van der Waals surface area (Å²) in [6.45, 7) is 4.47. The van der Waals surface area contributed by atoms with E-state index in [2.05, 4.69) is 10.1 Å². The topological polar surface area (TPSA) is 75.2 Å². The lowest BCUT2D eigenvalue weighted by Gasteiger charge is -2.22. The zero-order valence-electron chi connectivity index (χ0n) is 12.9. The highest BCUT2D eigenvalue weighted by Gasteiger charge is 2.16. The predicted octanol–water partition coefficient (Wildman–Crippen LogP) is 2.64. The van der Waals surface area contributed by atoms with Gasteiger partial charge in [0, 0.05) is 32.0 Å². The lowest BCUT2D eigenvalue weighted by Crippen LogP contribution is -2.17. The van der Waals surface area contributed by atoms with Crippen molar-refractivity contribution >= 4 is 5.82 Å². The largest absolute Gasteiger partial charge is 0.435 e. The fraction of sp³-hybridized carbons (Fsp3) is 0.500. The van der Waals surface area contributed by atoms with Gasteiger partial charge in [0.2, 0.25) is 5.88 Å². The first-order chi connectivity index (χ1) is 10.8. The van der Waals surface area contributed by atoms with E-state index in [0.29, 0.717) is 23.4 Å². The van der Waals surface area contributed by atoms with Crippen molar-refractivity contribution in [2.24, 2.45) is 5.92 Å². The average molecular weight is 302 g/mol. The van der Waals surface area contributed by atoms with Crippen molar-refractivity contribution < 1.29 is 9.47 Å². The molecule has 2 N–H and O–H groups in total. The van der Waals surface area contributed by atoms with Crippen molar-refractivity contribution in [3.8, 4) is 11.6 Å². The van der Waals surface area contributed by atoms with Gasteiger partial charge in [-0.15, -0.1) is 0 Å². The van der Waals surface area contributed by atoms with E-state index >= 15 is 0 Å². The van der Waals surface area contributed by atoms with Gasteiger partial charge in [0.25, 0.3) is 0 Å². The van der Waals surface area contributed by atoms with Gasteiger partial charge in [-0.1, -0.05) is 0 Å². The Labute approximate surface area is 130 Å². The van der Waals surface area contributed by atoms with Crippen molar-refractivity contribution in [2.75, 3.05) is 18.9 Å². The first-order valence-electron chi connectivity index (χ1n) is 7.78. The number of nitrogen functional groups attached to an aromatic ring is 1. The lowest BCUT2D eigenvalue weighted by molar-refractivity contribution is 0.0665. The summed E-state index contributed by atoms with van der Waals surface area (Å²) < 4.78 is 13.1. The maximum absolute atomic E-state index is 5.94. The number of hydrogen-bond donors (Lipinski definition) is 1. The number of pyridine rings is 1. The molecule has 2 aromatic heterocycles. The third kappa shape index (κ3) is 3.39. The summed E-state index contributed by atoms with van der Waals surface area (Å²) >= 11 is 0. The third-order valence-corrected chi connectivity index (χ3v) is 4.00. The second-order valence-corrected chi connectivity index (χ2v) is 5.57. The summed E-state index contributed by atoms with van der Waals surface area (Å²) in [6, 6.07) is 3.82. The number of rotatable bonds is 5. The van der Waals surface area contributed by atoms with E-state index in [1.54, 1.807) is 10.9 Å². The van der Waals surface area contributed by atoms with Crippen LogP contribution in [-0.4, -0.2) is 28.0 Å². The fourth-order valence-electron chi connectivity index (χ4n) is 2.73. The molecule has 0 bridgehead atoms. The highest BCUT2D eigenvalue weighted by atomic mass is 16.5. The van der Waals surface area contributed by atoms with Gasteiger partial charge >= 0.3 is 0 Å². The lowest BCUT2D eigenvalue weighted by atomic mass is 9.93. The van der Waals surface area contributed by atoms with Crippen molar-refractivity contribution in [3.63, 3.8) is 0 Å². The van der Waals surface area contributed by atoms with Gasteiger partial charge in [-0.05, 0) is 43.7 Å². The average Bonchev–Trinajstić information content (AvgIpc) is 2.99. The summed E-state index contributed by atoms with van der Waals surface area (Å²) in [4.78, 5) is 4.27. The molecule has 118 valence electrons. The Balaban J connectivity index is 1.74. The molecule has 0 aliphatic carbocycles. The van der Waals surface area contributed by atoms with Crippen LogP contribution in [0.25, 0.3) is 0 Å². The third-order valence-electron chi connectivity index (χ3n) is 4.00. The first-order valence-corrected chi connectivity index (χ1v) is 7.78. The highest BCUT2D eigenvalue weighted by molar-refractivity contribution is 5.48. The quantitative estimate of drug-likeness (QED) is 0.919. The smallest absolute Gasteiger partial charge is 0.217 e. The van der Waals surface area contributed by atoms with Crippen LogP contribution in [0.2, 0.25) is 0 Å². The molecule has 6 nitrogen and oxygen atoms in total. The van der Waals surface area contributed by atoms with E-state index in [-0.39, 0.29) is 0 Å². The van der Waals surface area contributed by atoms with E-state index in [1.165, 1.54) is 0 Å². The van der Waals surface area contributed by atoms with Crippen molar-refractivity contribution in [1.82, 2.24) is 14.8 Å². The van der Waals surface area contributed by atoms with Crippen LogP contribution in [0.4, 0.5) is 5.82 Å². The van der Waals surface area contributed by atoms with Gasteiger partial charge in [-0.25, -0.2) is 9.67 Å². The molecule has 0 spiro atoms. The van der Waals surface area contributed by atoms with Crippen LogP contribution in [0.15, 0.2) is 24.5 Å². The van der Waals surface area contributed by atoms with Crippen molar-refractivity contribution in [3.05, 3.63) is 30.1 Å². The molecule has 1 fully saturated rings. The van der Waals surface area contributed by atoms with E-state index in [4.69, 9.17) is 15.2 Å². The summed E-state index contributed by atoms with van der Waals surface area (Å²) in [7, 11) is 0. The number of anilines is 1. The summed E-state index contributed by atoms with van der Waals surface area (Å²) in [5.74, 6) is 2.33. The van der Waals surface area contributed by atoms with Gasteiger partial charge in [0.1, 0.15) is 0 Å². The minimum absolute atomic E-state index is 0.402. The predicted molar refractivity (Wildman–Crippen MR) is 83.9 cm³/mol. The Morgan fingerprint density at radius 2 is 2.23 bits per heavy atom. The monoisotopic (exact) mass is 302 g/mol. The molecule has 3 heterocycles. The summed E-state index contributed by atoms with van der Waals surface area (Å²) in [6.07, 6.45) is 6.75. The maximum Gasteiger partial charge on any atom is 0.217 e. The normalized spacial score (nSPS) is 15.9. The molecule has 22 heavy (non-hydrogen) atoms. The maximum atomic E-state index is 5.94. The zero-order chi connectivity index (χ0) is 15.4. The molecular weight excluding hydrogens is 280 g/mol. The standard InChI is InChI=1S/C16H22N4O2/c1-2-20-15(3-6-19-20)22-14-10-13(11-18-16(14)17)9-12-4-7-21-8-5-12/h3,6,10-12H,2,4-5,7-9H2,1H3,(H2,17,18). The number of nitrogens with two attached hydrogens (primary N) is 1. The Kier molecular flexibility index (Phi) is 4.58. The molecule has 0 amide bonds. The van der Waals surface area contributed by atoms with Crippen molar-refractivity contribution in [1.29, 1.82) is 0 Å². The minimum Gasteiger partial charge on any atom is -0.435 e. The molecule has 1 aliphatic heterocycles. The molecule has 0 atom stereocenters. The molecule has 0 unspecified atom stereocenters. The highest BCUT2D eigenvalue weighted by Crippen LogP contribution is 2.28. The molecule has 3 rings (SSSR count). The first kappa shape index (κ1) is 14.8. The molecule has 0 radical (unpaired) electrons.